The summed E-state index contributed by atoms with van der Waals surface area (Å²) in [7, 11) is 1.66. The summed E-state index contributed by atoms with van der Waals surface area (Å²) in [5.41, 5.74) is 7.27. The molecule has 0 fully saturated rings. The first kappa shape index (κ1) is 21.9. The third kappa shape index (κ3) is 5.29. The Bertz CT molecular complexity index is 1150. The molecule has 0 bridgehead atoms. The van der Waals surface area contributed by atoms with Crippen molar-refractivity contribution in [2.75, 3.05) is 13.7 Å². The number of nitrogens with zero attached hydrogens (tertiary/aromatic N) is 3. The molecule has 0 spiro atoms. The van der Waals surface area contributed by atoms with Gasteiger partial charge in [-0.1, -0.05) is 36.4 Å². The van der Waals surface area contributed by atoms with Crippen molar-refractivity contribution in [3.05, 3.63) is 101 Å². The highest BCUT2D eigenvalue weighted by atomic mass is 16.5. The Balaban J connectivity index is 1.58. The summed E-state index contributed by atoms with van der Waals surface area (Å²) in [6, 6.07) is 21.5. The molecule has 4 aromatic rings. The largest absolute Gasteiger partial charge is 0.421 e. The second-order valence-electron chi connectivity index (χ2n) is 8.12. The minimum absolute atomic E-state index is 0.304. The molecule has 0 N–H and O–H groups in total. The van der Waals surface area contributed by atoms with E-state index >= 15 is 0 Å². The Kier molecular flexibility index (Phi) is 7.07. The van der Waals surface area contributed by atoms with Crippen LogP contribution in [0.5, 0.6) is 0 Å². The molecule has 0 saturated heterocycles. The quantitative estimate of drug-likeness (QED) is 0.343. The Morgan fingerprint density at radius 3 is 2.50 bits per heavy atom. The second-order valence-corrected chi connectivity index (χ2v) is 8.12. The average molecular weight is 428 g/mol. The van der Waals surface area contributed by atoms with E-state index in [2.05, 4.69) is 82.8 Å². The van der Waals surface area contributed by atoms with E-state index < -0.39 is 0 Å². The predicted octanol–water partition coefficient (Wildman–Crippen LogP) is 5.70. The molecule has 32 heavy (non-hydrogen) atoms. The summed E-state index contributed by atoms with van der Waals surface area (Å²) in [6.45, 7) is 4.79. The van der Waals surface area contributed by atoms with Crippen LogP contribution >= 0.6 is 0 Å². The fourth-order valence-electron chi connectivity index (χ4n) is 4.07. The van der Waals surface area contributed by atoms with Crippen molar-refractivity contribution in [1.82, 2.24) is 15.2 Å². The lowest BCUT2D eigenvalue weighted by Gasteiger charge is -2.20. The lowest BCUT2D eigenvalue weighted by atomic mass is 9.84. The molecule has 2 aromatic carbocycles. The van der Waals surface area contributed by atoms with E-state index in [4.69, 9.17) is 9.15 Å². The van der Waals surface area contributed by atoms with E-state index in [1.54, 1.807) is 7.11 Å². The van der Waals surface area contributed by atoms with Gasteiger partial charge in [0.1, 0.15) is 0 Å². The molecule has 0 radical (unpaired) electrons. The first-order chi connectivity index (χ1) is 15.6. The van der Waals surface area contributed by atoms with Crippen molar-refractivity contribution in [2.24, 2.45) is 0 Å². The van der Waals surface area contributed by atoms with E-state index in [-0.39, 0.29) is 0 Å². The fourth-order valence-corrected chi connectivity index (χ4v) is 4.07. The number of aryl methyl sites for hydroxylation is 3. The standard InChI is InChI=1S/C27H29N3O2/c1-19-6-4-5-7-24(19)25(13-8-21-14-16-28-20(2)18-21)22-9-11-23(12-10-22)27-30-29-26(32-27)15-17-31-3/h4-7,9-12,14,16,18,25H,8,13,15,17H2,1-3H3/t25-/m1/s1. The molecule has 1 atom stereocenters. The van der Waals surface area contributed by atoms with E-state index in [0.29, 0.717) is 30.7 Å². The van der Waals surface area contributed by atoms with Gasteiger partial charge in [-0.2, -0.15) is 0 Å². The van der Waals surface area contributed by atoms with Gasteiger partial charge < -0.3 is 9.15 Å². The van der Waals surface area contributed by atoms with Gasteiger partial charge in [-0.05, 0) is 73.2 Å². The van der Waals surface area contributed by atoms with E-state index in [0.717, 1.165) is 24.1 Å². The van der Waals surface area contributed by atoms with Crippen LogP contribution < -0.4 is 0 Å². The summed E-state index contributed by atoms with van der Waals surface area (Å²) in [5.74, 6) is 1.44. The topological polar surface area (TPSA) is 61.0 Å². The fraction of sp³-hybridized carbons (Fsp3) is 0.296. The van der Waals surface area contributed by atoms with Crippen molar-refractivity contribution < 1.29 is 9.15 Å². The highest BCUT2D eigenvalue weighted by molar-refractivity contribution is 5.54. The maximum absolute atomic E-state index is 5.78. The van der Waals surface area contributed by atoms with Crippen molar-refractivity contribution >= 4 is 0 Å². The predicted molar refractivity (Wildman–Crippen MR) is 126 cm³/mol. The van der Waals surface area contributed by atoms with E-state index in [1.165, 1.54) is 22.3 Å². The summed E-state index contributed by atoms with van der Waals surface area (Å²) >= 11 is 0. The lowest BCUT2D eigenvalue weighted by Crippen LogP contribution is -2.05. The zero-order chi connectivity index (χ0) is 22.3. The first-order valence-electron chi connectivity index (χ1n) is 11.0. The summed E-state index contributed by atoms with van der Waals surface area (Å²) in [6.07, 6.45) is 4.53. The molecule has 0 aliphatic rings. The maximum atomic E-state index is 5.78. The monoisotopic (exact) mass is 427 g/mol. The zero-order valence-electron chi connectivity index (χ0n) is 18.9. The van der Waals surface area contributed by atoms with Crippen LogP contribution in [0.15, 0.2) is 71.3 Å². The lowest BCUT2D eigenvalue weighted by molar-refractivity contribution is 0.195. The SMILES string of the molecule is COCCc1nnc(-c2ccc([C@@H](CCc3ccnc(C)c3)c3ccccc3C)cc2)o1. The van der Waals surface area contributed by atoms with E-state index in [9.17, 15) is 0 Å². The summed E-state index contributed by atoms with van der Waals surface area (Å²) < 4.78 is 10.9. The molecular formula is C27H29N3O2. The van der Waals surface area contributed by atoms with Crippen molar-refractivity contribution in [3.63, 3.8) is 0 Å². The molecular weight excluding hydrogens is 398 g/mol. The molecule has 0 aliphatic carbocycles. The van der Waals surface area contributed by atoms with Crippen molar-refractivity contribution in [2.45, 2.75) is 39.0 Å². The Labute approximate surface area is 189 Å². The molecule has 2 aromatic heterocycles. The van der Waals surface area contributed by atoms with Crippen LogP contribution in [0.3, 0.4) is 0 Å². The van der Waals surface area contributed by atoms with Crippen LogP contribution in [0, 0.1) is 13.8 Å². The summed E-state index contributed by atoms with van der Waals surface area (Å²) in [4.78, 5) is 4.33. The van der Waals surface area contributed by atoms with Crippen LogP contribution in [0.1, 0.15) is 46.2 Å². The molecule has 4 rings (SSSR count). The number of rotatable bonds is 9. The second kappa shape index (κ2) is 10.3. The average Bonchev–Trinajstić information content (AvgIpc) is 3.28. The maximum Gasteiger partial charge on any atom is 0.247 e. The normalized spacial score (nSPS) is 12.1. The van der Waals surface area contributed by atoms with Crippen molar-refractivity contribution in [1.29, 1.82) is 0 Å². The molecule has 2 heterocycles. The zero-order valence-corrected chi connectivity index (χ0v) is 18.9. The highest BCUT2D eigenvalue weighted by Gasteiger charge is 2.17. The van der Waals surface area contributed by atoms with Gasteiger partial charge in [0, 0.05) is 36.9 Å². The molecule has 0 saturated carbocycles. The number of hydrogen-bond donors (Lipinski definition) is 0. The van der Waals surface area contributed by atoms with E-state index in [1.807, 2.05) is 13.1 Å². The van der Waals surface area contributed by atoms with Gasteiger partial charge in [0.2, 0.25) is 11.8 Å². The highest BCUT2D eigenvalue weighted by Crippen LogP contribution is 2.33. The third-order valence-electron chi connectivity index (χ3n) is 5.79. The number of aromatic nitrogens is 3. The van der Waals surface area contributed by atoms with Crippen LogP contribution in [0.4, 0.5) is 0 Å². The molecule has 0 unspecified atom stereocenters. The smallest absolute Gasteiger partial charge is 0.247 e. The Morgan fingerprint density at radius 2 is 1.75 bits per heavy atom. The molecule has 164 valence electrons. The third-order valence-corrected chi connectivity index (χ3v) is 5.79. The van der Waals surface area contributed by atoms with Gasteiger partial charge in [-0.25, -0.2) is 0 Å². The van der Waals surface area contributed by atoms with Crippen LogP contribution in [0.2, 0.25) is 0 Å². The Hall–Kier alpha value is -3.31. The van der Waals surface area contributed by atoms with Gasteiger partial charge in [0.25, 0.3) is 0 Å². The number of pyridine rings is 1. The van der Waals surface area contributed by atoms with Gasteiger partial charge in [-0.3, -0.25) is 4.98 Å². The molecule has 5 nitrogen and oxygen atoms in total. The van der Waals surface area contributed by atoms with Gasteiger partial charge in [-0.15, -0.1) is 10.2 Å². The number of benzene rings is 2. The van der Waals surface area contributed by atoms with Crippen LogP contribution in [-0.4, -0.2) is 28.9 Å². The molecule has 0 amide bonds. The Morgan fingerprint density at radius 1 is 0.938 bits per heavy atom. The molecule has 0 aliphatic heterocycles. The van der Waals surface area contributed by atoms with Crippen LogP contribution in [0.25, 0.3) is 11.5 Å². The number of hydrogen-bond acceptors (Lipinski definition) is 5. The number of methoxy groups -OCH3 is 1. The van der Waals surface area contributed by atoms with Gasteiger partial charge >= 0.3 is 0 Å². The van der Waals surface area contributed by atoms with Gasteiger partial charge in [0.15, 0.2) is 0 Å². The summed E-state index contributed by atoms with van der Waals surface area (Å²) in [5, 5.41) is 8.31. The molecule has 5 heteroatoms. The van der Waals surface area contributed by atoms with Crippen LogP contribution in [-0.2, 0) is 17.6 Å². The van der Waals surface area contributed by atoms with Crippen molar-refractivity contribution in [3.8, 4) is 11.5 Å². The minimum Gasteiger partial charge on any atom is -0.421 e. The first-order valence-corrected chi connectivity index (χ1v) is 11.0. The van der Waals surface area contributed by atoms with Gasteiger partial charge in [0.05, 0.1) is 6.61 Å². The minimum atomic E-state index is 0.304. The number of ether oxygens (including phenoxy) is 1.